The van der Waals surface area contributed by atoms with Crippen LogP contribution in [0.2, 0.25) is 0 Å². The van der Waals surface area contributed by atoms with Crippen molar-refractivity contribution in [2.24, 2.45) is 0 Å². The minimum Gasteiger partial charge on any atom is -0.371 e. The fraction of sp³-hybridized carbons (Fsp3) is 0.333. The van der Waals surface area contributed by atoms with Crippen molar-refractivity contribution in [3.05, 3.63) is 65.0 Å². The van der Waals surface area contributed by atoms with Gasteiger partial charge in [-0.15, -0.1) is 0 Å². The van der Waals surface area contributed by atoms with Crippen LogP contribution in [0, 0.1) is 12.7 Å². The lowest BCUT2D eigenvalue weighted by Crippen LogP contribution is -2.48. The molecule has 5 nitrogen and oxygen atoms in total. The van der Waals surface area contributed by atoms with Gasteiger partial charge in [0.25, 0.3) is 10.1 Å². The number of nitrogens with one attached hydrogen (secondary N) is 1. The fourth-order valence-electron chi connectivity index (χ4n) is 2.18. The predicted molar refractivity (Wildman–Crippen MR) is 93.8 cm³/mol. The van der Waals surface area contributed by atoms with E-state index in [9.17, 15) is 26.0 Å². The molecule has 0 radical (unpaired) electrons. The molecule has 0 saturated carbocycles. The lowest BCUT2D eigenvalue weighted by molar-refractivity contribution is -0.140. The maximum absolute atomic E-state index is 13.2. The average molecular weight is 421 g/mol. The van der Waals surface area contributed by atoms with Crippen molar-refractivity contribution in [1.82, 2.24) is 5.32 Å². The summed E-state index contributed by atoms with van der Waals surface area (Å²) in [7, 11) is -4.02. The van der Waals surface area contributed by atoms with E-state index in [-0.39, 0.29) is 17.6 Å². The first-order valence-electron chi connectivity index (χ1n) is 8.19. The van der Waals surface area contributed by atoms with E-state index in [4.69, 9.17) is 9.29 Å². The Labute approximate surface area is 160 Å². The van der Waals surface area contributed by atoms with Gasteiger partial charge in [-0.05, 0) is 36.8 Å². The zero-order valence-electron chi connectivity index (χ0n) is 14.8. The maximum Gasteiger partial charge on any atom is 0.419 e. The highest BCUT2D eigenvalue weighted by molar-refractivity contribution is 7.85. The molecule has 2 N–H and O–H groups in total. The lowest BCUT2D eigenvalue weighted by Gasteiger charge is -2.27. The molecule has 0 amide bonds. The standard InChI is InChI=1S/C11H11F4NO.C7H8O3S/c12-10-3-7(6-17-8-4-16-5-8)1-2-9(10)11(13,14)15;1-6-2-4-7(5-3-6)11(8,9)10/h1-3,8,16H,4-6H2;2-5H,1H3,(H,8,9,10). The largest absolute Gasteiger partial charge is 0.419 e. The molecule has 0 bridgehead atoms. The van der Waals surface area contributed by atoms with Crippen LogP contribution in [0.3, 0.4) is 0 Å². The Morgan fingerprint density at radius 1 is 1.14 bits per heavy atom. The molecule has 1 aliphatic rings. The minimum atomic E-state index is -4.65. The van der Waals surface area contributed by atoms with Crippen LogP contribution in [0.15, 0.2) is 47.4 Å². The monoisotopic (exact) mass is 421 g/mol. The van der Waals surface area contributed by atoms with Crippen molar-refractivity contribution in [1.29, 1.82) is 0 Å². The zero-order chi connectivity index (χ0) is 20.9. The van der Waals surface area contributed by atoms with E-state index in [2.05, 4.69) is 5.32 Å². The van der Waals surface area contributed by atoms with Gasteiger partial charge in [-0.3, -0.25) is 4.55 Å². The number of hydrogen-bond donors (Lipinski definition) is 2. The van der Waals surface area contributed by atoms with E-state index in [0.717, 1.165) is 30.8 Å². The summed E-state index contributed by atoms with van der Waals surface area (Å²) in [5.74, 6) is -1.26. The zero-order valence-corrected chi connectivity index (χ0v) is 15.6. The quantitative estimate of drug-likeness (QED) is 0.583. The Morgan fingerprint density at radius 2 is 1.75 bits per heavy atom. The van der Waals surface area contributed by atoms with Crippen molar-refractivity contribution in [2.45, 2.75) is 30.7 Å². The van der Waals surface area contributed by atoms with Gasteiger partial charge in [-0.2, -0.15) is 21.6 Å². The third-order valence-corrected chi connectivity index (χ3v) is 4.76. The van der Waals surface area contributed by atoms with Crippen LogP contribution in [-0.4, -0.2) is 32.2 Å². The first kappa shape index (κ1) is 22.3. The molecule has 0 atom stereocenters. The molecule has 154 valence electrons. The molecule has 1 saturated heterocycles. The number of ether oxygens (including phenoxy) is 1. The number of alkyl halides is 3. The molecule has 2 aromatic rings. The summed E-state index contributed by atoms with van der Waals surface area (Å²) >= 11 is 0. The van der Waals surface area contributed by atoms with Crippen LogP contribution < -0.4 is 5.32 Å². The van der Waals surface area contributed by atoms with Gasteiger partial charge in [-0.25, -0.2) is 4.39 Å². The topological polar surface area (TPSA) is 75.6 Å². The number of halogens is 4. The van der Waals surface area contributed by atoms with Crippen LogP contribution in [-0.2, 0) is 27.6 Å². The molecule has 28 heavy (non-hydrogen) atoms. The fourth-order valence-corrected chi connectivity index (χ4v) is 2.66. The van der Waals surface area contributed by atoms with E-state index in [1.807, 2.05) is 6.92 Å². The summed E-state index contributed by atoms with van der Waals surface area (Å²) in [5.41, 5.74) is 0.117. The molecule has 2 aromatic carbocycles. The van der Waals surface area contributed by atoms with Gasteiger partial charge in [0.1, 0.15) is 5.82 Å². The van der Waals surface area contributed by atoms with Crippen molar-refractivity contribution >= 4 is 10.1 Å². The molecule has 1 fully saturated rings. The summed E-state index contributed by atoms with van der Waals surface area (Å²) in [5, 5.41) is 2.99. The SMILES string of the molecule is Cc1ccc(S(=O)(=O)O)cc1.Fc1cc(COC2CNC2)ccc1C(F)(F)F. The van der Waals surface area contributed by atoms with Crippen LogP contribution in [0.5, 0.6) is 0 Å². The Balaban J connectivity index is 0.000000221. The van der Waals surface area contributed by atoms with E-state index < -0.39 is 27.7 Å². The van der Waals surface area contributed by atoms with Crippen molar-refractivity contribution in [3.63, 3.8) is 0 Å². The van der Waals surface area contributed by atoms with E-state index in [1.54, 1.807) is 12.1 Å². The Hall–Kier alpha value is -2.01. The predicted octanol–water partition coefficient (Wildman–Crippen LogP) is 3.57. The number of benzene rings is 2. The van der Waals surface area contributed by atoms with Gasteiger partial charge in [0, 0.05) is 13.1 Å². The van der Waals surface area contributed by atoms with Crippen LogP contribution in [0.4, 0.5) is 17.6 Å². The highest BCUT2D eigenvalue weighted by Crippen LogP contribution is 2.31. The molecule has 0 spiro atoms. The molecule has 0 aliphatic carbocycles. The Kier molecular flexibility index (Phi) is 7.16. The van der Waals surface area contributed by atoms with Gasteiger partial charge >= 0.3 is 6.18 Å². The van der Waals surface area contributed by atoms with Gasteiger partial charge in [0.05, 0.1) is 23.2 Å². The third-order valence-electron chi connectivity index (χ3n) is 3.89. The van der Waals surface area contributed by atoms with Crippen LogP contribution in [0.1, 0.15) is 16.7 Å². The Bertz CT molecular complexity index is 895. The molecule has 10 heteroatoms. The van der Waals surface area contributed by atoms with Crippen LogP contribution >= 0.6 is 0 Å². The second kappa shape index (κ2) is 8.99. The van der Waals surface area contributed by atoms with Crippen molar-refractivity contribution in [2.75, 3.05) is 13.1 Å². The molecular formula is C18H19F4NO4S. The Morgan fingerprint density at radius 3 is 2.18 bits per heavy atom. The molecule has 1 heterocycles. The normalized spacial score (nSPS) is 14.8. The molecule has 0 unspecified atom stereocenters. The lowest BCUT2D eigenvalue weighted by atomic mass is 10.1. The summed E-state index contributed by atoms with van der Waals surface area (Å²) < 4.78 is 84.9. The van der Waals surface area contributed by atoms with Crippen molar-refractivity contribution in [3.8, 4) is 0 Å². The van der Waals surface area contributed by atoms with E-state index in [0.29, 0.717) is 5.56 Å². The van der Waals surface area contributed by atoms with E-state index in [1.165, 1.54) is 18.2 Å². The highest BCUT2D eigenvalue weighted by Gasteiger charge is 2.33. The van der Waals surface area contributed by atoms with Gasteiger partial charge in [0.2, 0.25) is 0 Å². The summed E-state index contributed by atoms with van der Waals surface area (Å²) in [6, 6.07) is 8.83. The minimum absolute atomic E-state index is 0.0666. The summed E-state index contributed by atoms with van der Waals surface area (Å²) in [6.45, 7) is 3.42. The highest BCUT2D eigenvalue weighted by atomic mass is 32.2. The summed E-state index contributed by atoms with van der Waals surface area (Å²) in [6.07, 6.45) is -4.58. The molecule has 1 aliphatic heterocycles. The van der Waals surface area contributed by atoms with Gasteiger partial charge in [-0.1, -0.05) is 23.8 Å². The second-order valence-electron chi connectivity index (χ2n) is 6.19. The average Bonchev–Trinajstić information content (AvgIpc) is 2.52. The van der Waals surface area contributed by atoms with E-state index >= 15 is 0 Å². The first-order valence-corrected chi connectivity index (χ1v) is 9.63. The number of hydrogen-bond acceptors (Lipinski definition) is 4. The maximum atomic E-state index is 13.2. The number of aryl methyl sites for hydroxylation is 1. The smallest absolute Gasteiger partial charge is 0.371 e. The van der Waals surface area contributed by atoms with Gasteiger partial charge < -0.3 is 10.1 Å². The first-order chi connectivity index (χ1) is 13.0. The van der Waals surface area contributed by atoms with Crippen LogP contribution in [0.25, 0.3) is 0 Å². The van der Waals surface area contributed by atoms with Gasteiger partial charge in [0.15, 0.2) is 0 Å². The van der Waals surface area contributed by atoms with Crippen molar-refractivity contribution < 1.29 is 35.3 Å². The number of rotatable bonds is 4. The molecule has 0 aromatic heterocycles. The third kappa shape index (κ3) is 6.55. The summed E-state index contributed by atoms with van der Waals surface area (Å²) in [4.78, 5) is -0.0666. The molecular weight excluding hydrogens is 402 g/mol. The molecule has 3 rings (SSSR count). The second-order valence-corrected chi connectivity index (χ2v) is 7.61.